The van der Waals surface area contributed by atoms with Crippen molar-refractivity contribution in [2.75, 3.05) is 13.1 Å². The Hall–Kier alpha value is -2.07. The van der Waals surface area contributed by atoms with E-state index in [1.54, 1.807) is 11.3 Å². The van der Waals surface area contributed by atoms with Gasteiger partial charge in [-0.1, -0.05) is 18.2 Å². The Bertz CT molecular complexity index is 810. The molecule has 0 spiro atoms. The van der Waals surface area contributed by atoms with Crippen LogP contribution in [-0.4, -0.2) is 23.6 Å². The van der Waals surface area contributed by atoms with Gasteiger partial charge >= 0.3 is 0 Å². The van der Waals surface area contributed by atoms with E-state index in [0.29, 0.717) is 0 Å². The SMILES string of the molecule is Cc1ccsc1-c1cc2ccccc2n1C1=NCCN1. The average molecular weight is 281 g/mol. The number of nitrogens with zero attached hydrogens (tertiary/aromatic N) is 2. The summed E-state index contributed by atoms with van der Waals surface area (Å²) < 4.78 is 2.25. The summed E-state index contributed by atoms with van der Waals surface area (Å²) in [5.41, 5.74) is 3.76. The number of benzene rings is 1. The number of para-hydroxylation sites is 1. The molecule has 2 aromatic heterocycles. The minimum Gasteiger partial charge on any atom is -0.354 e. The summed E-state index contributed by atoms with van der Waals surface area (Å²) in [7, 11) is 0. The third kappa shape index (κ3) is 1.68. The molecule has 3 heterocycles. The van der Waals surface area contributed by atoms with Crippen LogP contribution in [0, 0.1) is 6.92 Å². The molecule has 3 nitrogen and oxygen atoms in total. The van der Waals surface area contributed by atoms with Crippen LogP contribution in [0.15, 0.2) is 46.8 Å². The maximum absolute atomic E-state index is 4.60. The average Bonchev–Trinajstić information content (AvgIpc) is 3.15. The van der Waals surface area contributed by atoms with Gasteiger partial charge in [-0.3, -0.25) is 9.56 Å². The number of aryl methyl sites for hydroxylation is 1. The highest BCUT2D eigenvalue weighted by Gasteiger charge is 2.18. The van der Waals surface area contributed by atoms with Crippen molar-refractivity contribution in [3.63, 3.8) is 0 Å². The van der Waals surface area contributed by atoms with Crippen molar-refractivity contribution in [2.45, 2.75) is 6.92 Å². The molecule has 0 saturated carbocycles. The first kappa shape index (κ1) is 11.7. The van der Waals surface area contributed by atoms with Crippen molar-refractivity contribution in [1.82, 2.24) is 9.88 Å². The van der Waals surface area contributed by atoms with Crippen LogP contribution in [-0.2, 0) is 0 Å². The number of aliphatic imine (C=N–C) groups is 1. The van der Waals surface area contributed by atoms with Gasteiger partial charge in [-0.15, -0.1) is 11.3 Å². The van der Waals surface area contributed by atoms with E-state index >= 15 is 0 Å². The zero-order valence-electron chi connectivity index (χ0n) is 11.3. The first-order valence-corrected chi connectivity index (χ1v) is 7.66. The summed E-state index contributed by atoms with van der Waals surface area (Å²) in [5, 5.41) is 6.80. The fourth-order valence-electron chi connectivity index (χ4n) is 2.72. The van der Waals surface area contributed by atoms with Crippen molar-refractivity contribution in [3.05, 3.63) is 47.3 Å². The van der Waals surface area contributed by atoms with Crippen molar-refractivity contribution in [3.8, 4) is 10.6 Å². The van der Waals surface area contributed by atoms with E-state index in [1.165, 1.54) is 27.0 Å². The molecule has 0 amide bonds. The summed E-state index contributed by atoms with van der Waals surface area (Å²) in [6.45, 7) is 3.94. The van der Waals surface area contributed by atoms with Crippen LogP contribution in [0.2, 0.25) is 0 Å². The first-order valence-electron chi connectivity index (χ1n) is 6.78. The molecule has 4 heteroatoms. The summed E-state index contributed by atoms with van der Waals surface area (Å²) in [5.74, 6) is 0.967. The second-order valence-corrected chi connectivity index (χ2v) is 5.90. The van der Waals surface area contributed by atoms with Crippen molar-refractivity contribution >= 4 is 28.2 Å². The standard InChI is InChI=1S/C16H15N3S/c1-11-6-9-20-15(11)14-10-12-4-2-3-5-13(12)19(14)16-17-7-8-18-16/h2-6,9-10H,7-8H2,1H3,(H,17,18). The number of aromatic nitrogens is 1. The molecule has 0 saturated heterocycles. The van der Waals surface area contributed by atoms with E-state index in [-0.39, 0.29) is 0 Å². The predicted molar refractivity (Wildman–Crippen MR) is 85.7 cm³/mol. The Morgan fingerprint density at radius 2 is 2.15 bits per heavy atom. The van der Waals surface area contributed by atoms with Gasteiger partial charge in [0.25, 0.3) is 0 Å². The minimum atomic E-state index is 0.852. The number of rotatable bonds is 1. The molecule has 4 rings (SSSR count). The molecule has 0 unspecified atom stereocenters. The number of hydrogen-bond acceptors (Lipinski definition) is 3. The molecule has 0 radical (unpaired) electrons. The fraction of sp³-hybridized carbons (Fsp3) is 0.188. The molecule has 3 aromatic rings. The quantitative estimate of drug-likeness (QED) is 0.727. The molecule has 0 fully saturated rings. The van der Waals surface area contributed by atoms with Gasteiger partial charge in [-0.25, -0.2) is 0 Å². The zero-order valence-corrected chi connectivity index (χ0v) is 12.1. The maximum atomic E-state index is 4.60. The number of hydrogen-bond donors (Lipinski definition) is 1. The lowest BCUT2D eigenvalue weighted by molar-refractivity contribution is 0.945. The summed E-state index contributed by atoms with van der Waals surface area (Å²) in [6, 6.07) is 12.9. The molecular weight excluding hydrogens is 266 g/mol. The predicted octanol–water partition coefficient (Wildman–Crippen LogP) is 3.49. The highest BCUT2D eigenvalue weighted by Crippen LogP contribution is 2.33. The Labute approximate surface area is 121 Å². The zero-order chi connectivity index (χ0) is 13.5. The lowest BCUT2D eigenvalue weighted by atomic mass is 10.2. The topological polar surface area (TPSA) is 29.3 Å². The van der Waals surface area contributed by atoms with E-state index in [2.05, 4.69) is 63.6 Å². The Balaban J connectivity index is 2.05. The normalized spacial score (nSPS) is 14.6. The highest BCUT2D eigenvalue weighted by molar-refractivity contribution is 7.13. The Kier molecular flexibility index (Phi) is 2.63. The monoisotopic (exact) mass is 281 g/mol. The Morgan fingerprint density at radius 1 is 1.25 bits per heavy atom. The number of nitrogens with one attached hydrogen (secondary N) is 1. The largest absolute Gasteiger partial charge is 0.354 e. The number of thiophene rings is 1. The fourth-order valence-corrected chi connectivity index (χ4v) is 3.65. The third-order valence-corrected chi connectivity index (χ3v) is 4.71. The van der Waals surface area contributed by atoms with Gasteiger partial charge in [0, 0.05) is 11.9 Å². The van der Waals surface area contributed by atoms with Crippen molar-refractivity contribution < 1.29 is 0 Å². The van der Waals surface area contributed by atoms with Crippen LogP contribution in [0.4, 0.5) is 0 Å². The molecular formula is C16H15N3S. The van der Waals surface area contributed by atoms with E-state index in [1.807, 2.05) is 0 Å². The van der Waals surface area contributed by atoms with Crippen LogP contribution in [0.3, 0.4) is 0 Å². The van der Waals surface area contributed by atoms with Crippen molar-refractivity contribution in [2.24, 2.45) is 4.99 Å². The molecule has 100 valence electrons. The molecule has 0 bridgehead atoms. The van der Waals surface area contributed by atoms with Gasteiger partial charge in [0.2, 0.25) is 5.96 Å². The Morgan fingerprint density at radius 3 is 2.90 bits per heavy atom. The van der Waals surface area contributed by atoms with Crippen LogP contribution in [0.25, 0.3) is 21.5 Å². The molecule has 0 aliphatic carbocycles. The van der Waals surface area contributed by atoms with Crippen LogP contribution >= 0.6 is 11.3 Å². The van der Waals surface area contributed by atoms with E-state index in [0.717, 1.165) is 19.0 Å². The lowest BCUT2D eigenvalue weighted by Crippen LogP contribution is -2.26. The molecule has 20 heavy (non-hydrogen) atoms. The van der Waals surface area contributed by atoms with Crippen molar-refractivity contribution in [1.29, 1.82) is 0 Å². The summed E-state index contributed by atoms with van der Waals surface area (Å²) in [4.78, 5) is 5.92. The first-order chi connectivity index (χ1) is 9.84. The van der Waals surface area contributed by atoms with Gasteiger partial charge in [0.15, 0.2) is 0 Å². The lowest BCUT2D eigenvalue weighted by Gasteiger charge is -2.10. The highest BCUT2D eigenvalue weighted by atomic mass is 32.1. The smallest absolute Gasteiger partial charge is 0.203 e. The van der Waals surface area contributed by atoms with Crippen LogP contribution < -0.4 is 5.32 Å². The molecule has 1 aliphatic rings. The van der Waals surface area contributed by atoms with E-state index in [9.17, 15) is 0 Å². The van der Waals surface area contributed by atoms with Gasteiger partial charge < -0.3 is 5.32 Å². The van der Waals surface area contributed by atoms with Crippen LogP contribution in [0.5, 0.6) is 0 Å². The van der Waals surface area contributed by atoms with Gasteiger partial charge in [-0.05, 0) is 36.1 Å². The van der Waals surface area contributed by atoms with Gasteiger partial charge in [-0.2, -0.15) is 0 Å². The van der Waals surface area contributed by atoms with E-state index < -0.39 is 0 Å². The summed E-state index contributed by atoms with van der Waals surface area (Å²) in [6.07, 6.45) is 0. The second kappa shape index (κ2) is 4.49. The maximum Gasteiger partial charge on any atom is 0.203 e. The number of fused-ring (bicyclic) bond motifs is 1. The van der Waals surface area contributed by atoms with Crippen LogP contribution in [0.1, 0.15) is 5.56 Å². The van der Waals surface area contributed by atoms with Gasteiger partial charge in [0.05, 0.1) is 22.6 Å². The minimum absolute atomic E-state index is 0.852. The molecule has 0 atom stereocenters. The van der Waals surface area contributed by atoms with Gasteiger partial charge in [0.1, 0.15) is 0 Å². The summed E-state index contributed by atoms with van der Waals surface area (Å²) >= 11 is 1.79. The molecule has 1 N–H and O–H groups in total. The molecule has 1 aliphatic heterocycles. The van der Waals surface area contributed by atoms with E-state index in [4.69, 9.17) is 0 Å². The molecule has 1 aromatic carbocycles. The second-order valence-electron chi connectivity index (χ2n) is 4.99. The third-order valence-electron chi connectivity index (χ3n) is 3.67.